The Hall–Kier alpha value is -1.60. The van der Waals surface area contributed by atoms with E-state index in [1.807, 2.05) is 27.7 Å². The highest BCUT2D eigenvalue weighted by Crippen LogP contribution is 2.44. The summed E-state index contributed by atoms with van der Waals surface area (Å²) in [4.78, 5) is 25.0. The van der Waals surface area contributed by atoms with Gasteiger partial charge in [-0.3, -0.25) is 9.59 Å². The summed E-state index contributed by atoms with van der Waals surface area (Å²) in [6.07, 6.45) is -3.52. The Morgan fingerprint density at radius 2 is 1.97 bits per heavy atom. The van der Waals surface area contributed by atoms with Gasteiger partial charge in [-0.15, -0.1) is 0 Å². The number of fused-ring (bicyclic) bond motifs is 1. The first kappa shape index (κ1) is 28.4. The fraction of sp³-hybridized carbons (Fsp3) is 0.846. The van der Waals surface area contributed by atoms with Crippen molar-refractivity contribution in [2.45, 2.75) is 108 Å². The van der Waals surface area contributed by atoms with E-state index in [4.69, 9.17) is 33.2 Å². The van der Waals surface area contributed by atoms with Gasteiger partial charge in [0.15, 0.2) is 12.3 Å². The molecule has 0 aromatic heterocycles. The number of rotatable bonds is 7. The molecule has 0 radical (unpaired) electrons. The highest BCUT2D eigenvalue weighted by atomic mass is 16.7. The Kier molecular flexibility index (Phi) is 8.35. The van der Waals surface area contributed by atoms with E-state index in [1.165, 1.54) is 7.11 Å². The maximum absolute atomic E-state index is 13.3. The minimum atomic E-state index is -1.65. The van der Waals surface area contributed by atoms with Crippen LogP contribution in [0.4, 0.5) is 0 Å². The molecule has 37 heavy (non-hydrogen) atoms. The van der Waals surface area contributed by atoms with Crippen LogP contribution in [0.25, 0.3) is 0 Å². The monoisotopic (exact) mass is 527 g/mol. The minimum absolute atomic E-state index is 0.0548. The smallest absolute Gasteiger partial charge is 0.306 e. The quantitative estimate of drug-likeness (QED) is 0.370. The normalized spacial score (nSPS) is 42.6. The lowest BCUT2D eigenvalue weighted by atomic mass is 9.72. The average molecular weight is 528 g/mol. The van der Waals surface area contributed by atoms with Gasteiger partial charge in [-0.05, 0) is 13.3 Å². The Bertz CT molecular complexity index is 879. The number of cyclic esters (lactones) is 1. The van der Waals surface area contributed by atoms with E-state index in [0.29, 0.717) is 19.3 Å². The maximum Gasteiger partial charge on any atom is 0.306 e. The zero-order valence-corrected chi connectivity index (χ0v) is 22.6. The molecule has 0 saturated carbocycles. The Morgan fingerprint density at radius 1 is 1.24 bits per heavy atom. The zero-order valence-electron chi connectivity index (χ0n) is 22.6. The summed E-state index contributed by atoms with van der Waals surface area (Å²) in [6, 6.07) is 0. The molecule has 2 N–H and O–H groups in total. The fourth-order valence-electron chi connectivity index (χ4n) is 5.92. The van der Waals surface area contributed by atoms with Crippen molar-refractivity contribution in [1.29, 1.82) is 0 Å². The van der Waals surface area contributed by atoms with Gasteiger partial charge in [-0.25, -0.2) is 0 Å². The number of hydrogen-bond acceptors (Lipinski definition) is 10. The molecule has 0 spiro atoms. The first-order valence-corrected chi connectivity index (χ1v) is 12.9. The van der Waals surface area contributed by atoms with Crippen LogP contribution in [0, 0.1) is 11.3 Å². The molecule has 0 aliphatic carbocycles. The molecular weight excluding hydrogens is 486 g/mol. The highest BCUT2D eigenvalue weighted by molar-refractivity contribution is 5.82. The summed E-state index contributed by atoms with van der Waals surface area (Å²) in [5.74, 6) is -2.46. The van der Waals surface area contributed by atoms with E-state index in [-0.39, 0.29) is 49.5 Å². The molecule has 11 heteroatoms. The van der Waals surface area contributed by atoms with Gasteiger partial charge < -0.3 is 43.6 Å². The summed E-state index contributed by atoms with van der Waals surface area (Å²) < 4.78 is 41.0. The third kappa shape index (κ3) is 5.32. The van der Waals surface area contributed by atoms with Gasteiger partial charge in [0.2, 0.25) is 5.79 Å². The fourth-order valence-corrected chi connectivity index (χ4v) is 5.92. The van der Waals surface area contributed by atoms with Gasteiger partial charge >= 0.3 is 5.97 Å². The molecule has 4 aliphatic heterocycles. The van der Waals surface area contributed by atoms with Crippen molar-refractivity contribution >= 4 is 11.9 Å². The summed E-state index contributed by atoms with van der Waals surface area (Å²) in [5, 5.41) is 13.8. The van der Waals surface area contributed by atoms with Crippen LogP contribution < -0.4 is 5.32 Å². The van der Waals surface area contributed by atoms with Crippen LogP contribution in [0.1, 0.15) is 53.4 Å². The van der Waals surface area contributed by atoms with Crippen LogP contribution in [-0.2, 0) is 42.7 Å². The molecule has 11 nitrogen and oxygen atoms in total. The van der Waals surface area contributed by atoms with Crippen molar-refractivity contribution in [3.8, 4) is 0 Å². The third-order valence-corrected chi connectivity index (χ3v) is 8.51. The standard InChI is InChI=1S/C26H41NO10/c1-13-11-26(32-7,37-15(3)14(13)2)21(29)23(30)27-24-20-19(33-12-34-24)22(31-6)25(4,5)17(36-20)10-16-8-9-18(28)35-16/h14-17,19-22,24,29H,1,8-12H2,2-7H3,(H,27,30)/t14-,15-,16-,17-,19+,20+,21-,22-,24-,26-/m1/s1. The summed E-state index contributed by atoms with van der Waals surface area (Å²) in [6.45, 7) is 11.9. The Balaban J connectivity index is 1.51. The number of methoxy groups -OCH3 is 2. The van der Waals surface area contributed by atoms with Crippen molar-refractivity contribution in [2.75, 3.05) is 21.0 Å². The Labute approximate surface area is 218 Å². The van der Waals surface area contributed by atoms with Gasteiger partial charge in [0, 0.05) is 44.8 Å². The number of carbonyl (C=O) groups is 2. The second-order valence-electron chi connectivity index (χ2n) is 11.2. The molecule has 0 bridgehead atoms. The van der Waals surface area contributed by atoms with Crippen molar-refractivity contribution in [3.05, 3.63) is 12.2 Å². The second kappa shape index (κ2) is 10.9. The maximum atomic E-state index is 13.3. The number of aliphatic hydroxyl groups excluding tert-OH is 1. The lowest BCUT2D eigenvalue weighted by Gasteiger charge is -2.54. The number of esters is 1. The molecule has 4 saturated heterocycles. The van der Waals surface area contributed by atoms with Crippen LogP contribution in [-0.4, -0.2) is 92.7 Å². The van der Waals surface area contributed by atoms with Gasteiger partial charge in [0.05, 0.1) is 18.3 Å². The van der Waals surface area contributed by atoms with Crippen molar-refractivity contribution in [3.63, 3.8) is 0 Å². The molecule has 0 aromatic rings. The predicted octanol–water partition coefficient (Wildman–Crippen LogP) is 1.41. The molecule has 4 rings (SSSR count). The SMILES string of the molecule is C=C1C[C@](OC)([C@H](O)C(=O)N[C@@H]2OCO[C@H]3[C@@H]2O[C@H](C[C@H]2CCC(=O)O2)C(C)(C)[C@@H]3OC)O[C@H](C)[C@@H]1C. The van der Waals surface area contributed by atoms with E-state index < -0.39 is 41.6 Å². The van der Waals surface area contributed by atoms with Crippen molar-refractivity contribution in [2.24, 2.45) is 11.3 Å². The molecular formula is C26H41NO10. The molecule has 0 aromatic carbocycles. The molecule has 0 unspecified atom stereocenters. The number of ether oxygens (including phenoxy) is 7. The van der Waals surface area contributed by atoms with Crippen molar-refractivity contribution < 1.29 is 47.9 Å². The Morgan fingerprint density at radius 3 is 2.57 bits per heavy atom. The lowest BCUT2D eigenvalue weighted by Crippen LogP contribution is -2.69. The number of hydrogen-bond donors (Lipinski definition) is 2. The van der Waals surface area contributed by atoms with Crippen LogP contribution >= 0.6 is 0 Å². The summed E-state index contributed by atoms with van der Waals surface area (Å²) >= 11 is 0. The van der Waals surface area contributed by atoms with Crippen LogP contribution in [0.2, 0.25) is 0 Å². The van der Waals surface area contributed by atoms with E-state index >= 15 is 0 Å². The van der Waals surface area contributed by atoms with E-state index in [9.17, 15) is 14.7 Å². The largest absolute Gasteiger partial charge is 0.462 e. The van der Waals surface area contributed by atoms with Gasteiger partial charge in [0.25, 0.3) is 5.91 Å². The van der Waals surface area contributed by atoms with Gasteiger partial charge in [-0.2, -0.15) is 0 Å². The van der Waals surface area contributed by atoms with Crippen LogP contribution in [0.3, 0.4) is 0 Å². The van der Waals surface area contributed by atoms with Crippen LogP contribution in [0.15, 0.2) is 12.2 Å². The van der Waals surface area contributed by atoms with Gasteiger partial charge in [0.1, 0.15) is 25.1 Å². The minimum Gasteiger partial charge on any atom is -0.462 e. The molecule has 4 aliphatic rings. The zero-order chi connectivity index (χ0) is 27.1. The number of amides is 1. The molecule has 1 amide bonds. The summed E-state index contributed by atoms with van der Waals surface area (Å²) in [7, 11) is 3.00. The molecule has 210 valence electrons. The first-order valence-electron chi connectivity index (χ1n) is 12.9. The van der Waals surface area contributed by atoms with Crippen LogP contribution in [0.5, 0.6) is 0 Å². The summed E-state index contributed by atoms with van der Waals surface area (Å²) in [5.41, 5.74) is 0.339. The number of carbonyl (C=O) groups excluding carboxylic acids is 2. The third-order valence-electron chi connectivity index (χ3n) is 8.51. The van der Waals surface area contributed by atoms with E-state index in [0.717, 1.165) is 5.57 Å². The number of nitrogens with one attached hydrogen (secondary N) is 1. The highest BCUT2D eigenvalue weighted by Gasteiger charge is 2.57. The predicted molar refractivity (Wildman–Crippen MR) is 129 cm³/mol. The van der Waals surface area contributed by atoms with Gasteiger partial charge in [-0.1, -0.05) is 32.9 Å². The van der Waals surface area contributed by atoms with Crippen molar-refractivity contribution in [1.82, 2.24) is 5.32 Å². The first-order chi connectivity index (χ1) is 17.4. The van der Waals surface area contributed by atoms with E-state index in [1.54, 1.807) is 7.11 Å². The second-order valence-corrected chi connectivity index (χ2v) is 11.2. The topological polar surface area (TPSA) is 131 Å². The average Bonchev–Trinajstić information content (AvgIpc) is 3.27. The lowest BCUT2D eigenvalue weighted by molar-refractivity contribution is -0.332. The number of aliphatic hydroxyl groups is 1. The molecule has 10 atom stereocenters. The molecule has 4 heterocycles. The van der Waals surface area contributed by atoms with E-state index in [2.05, 4.69) is 11.9 Å². The molecule has 4 fully saturated rings.